The molecule has 4 aromatic rings. The topological polar surface area (TPSA) is 66.9 Å². The number of hydrogen-bond donors (Lipinski definition) is 0. The van der Waals surface area contributed by atoms with E-state index in [2.05, 4.69) is 4.98 Å². The molecule has 2 aromatic carbocycles. The van der Waals surface area contributed by atoms with Crippen LogP contribution in [-0.2, 0) is 11.9 Å². The van der Waals surface area contributed by atoms with Gasteiger partial charge in [0.1, 0.15) is 16.7 Å². The normalized spacial score (nSPS) is 11.7. The molecule has 2 heterocycles. The van der Waals surface area contributed by atoms with Crippen LogP contribution in [0.4, 0.5) is 13.2 Å². The minimum absolute atomic E-state index is 0.0218. The maximum atomic E-state index is 13.4. The Morgan fingerprint density at radius 3 is 2.67 bits per heavy atom. The van der Waals surface area contributed by atoms with E-state index >= 15 is 0 Å². The largest absolute Gasteiger partial charge is 0.423 e. The molecule has 0 spiro atoms. The summed E-state index contributed by atoms with van der Waals surface area (Å²) in [5, 5.41) is 11.8. The second-order valence-electron chi connectivity index (χ2n) is 6.64. The van der Waals surface area contributed by atoms with Crippen molar-refractivity contribution in [3.63, 3.8) is 0 Å². The van der Waals surface area contributed by atoms with Crippen molar-refractivity contribution in [1.29, 1.82) is 5.26 Å². The van der Waals surface area contributed by atoms with E-state index in [4.69, 9.17) is 4.42 Å². The molecule has 0 aliphatic carbocycles. The molecule has 0 N–H and O–H groups in total. The maximum absolute atomic E-state index is 13.4. The molecule has 30 heavy (non-hydrogen) atoms. The SMILES string of the molecule is Cc1cc(C(F)(F)F)c(C#N)c(SCc2cc(=O)oc3ccc4ccccc4c23)n1. The van der Waals surface area contributed by atoms with Crippen molar-refractivity contribution in [1.82, 2.24) is 4.98 Å². The van der Waals surface area contributed by atoms with E-state index < -0.39 is 22.9 Å². The molecular weight excluding hydrogens is 413 g/mol. The fraction of sp³-hybridized carbons (Fsp3) is 0.136. The molecule has 0 aliphatic heterocycles. The van der Waals surface area contributed by atoms with Crippen molar-refractivity contribution in [2.24, 2.45) is 0 Å². The van der Waals surface area contributed by atoms with E-state index in [1.807, 2.05) is 30.3 Å². The number of alkyl halides is 3. The van der Waals surface area contributed by atoms with Gasteiger partial charge in [0.05, 0.1) is 11.1 Å². The van der Waals surface area contributed by atoms with E-state index in [1.165, 1.54) is 13.0 Å². The highest BCUT2D eigenvalue weighted by molar-refractivity contribution is 7.98. The van der Waals surface area contributed by atoms with Gasteiger partial charge in [-0.2, -0.15) is 18.4 Å². The van der Waals surface area contributed by atoms with Gasteiger partial charge in [-0.15, -0.1) is 11.8 Å². The first kappa shape index (κ1) is 20.0. The Bertz CT molecular complexity index is 1390. The molecule has 0 amide bonds. The molecule has 8 heteroatoms. The van der Waals surface area contributed by atoms with Gasteiger partial charge in [0, 0.05) is 22.9 Å². The van der Waals surface area contributed by atoms with Crippen LogP contribution in [0.5, 0.6) is 0 Å². The average molecular weight is 426 g/mol. The lowest BCUT2D eigenvalue weighted by molar-refractivity contribution is -0.138. The molecule has 4 rings (SSSR count). The Balaban J connectivity index is 1.84. The lowest BCUT2D eigenvalue weighted by Crippen LogP contribution is -2.10. The number of nitriles is 1. The van der Waals surface area contributed by atoms with Crippen molar-refractivity contribution < 1.29 is 17.6 Å². The number of thioether (sulfide) groups is 1. The van der Waals surface area contributed by atoms with Crippen LogP contribution in [0.3, 0.4) is 0 Å². The van der Waals surface area contributed by atoms with E-state index in [0.717, 1.165) is 28.6 Å². The number of fused-ring (bicyclic) bond motifs is 3. The molecule has 150 valence electrons. The molecule has 0 radical (unpaired) electrons. The van der Waals surface area contributed by atoms with Gasteiger partial charge >= 0.3 is 11.8 Å². The van der Waals surface area contributed by atoms with Crippen molar-refractivity contribution in [2.45, 2.75) is 23.9 Å². The molecule has 0 saturated heterocycles. The Morgan fingerprint density at radius 1 is 1.17 bits per heavy atom. The molecular formula is C22H13F3N2O2S. The van der Waals surface area contributed by atoms with Gasteiger partial charge in [0.25, 0.3) is 0 Å². The highest BCUT2D eigenvalue weighted by Gasteiger charge is 2.35. The fourth-order valence-electron chi connectivity index (χ4n) is 3.36. The molecule has 0 unspecified atom stereocenters. The Hall–Kier alpha value is -3.31. The first-order valence-electron chi connectivity index (χ1n) is 8.84. The van der Waals surface area contributed by atoms with Gasteiger partial charge in [-0.3, -0.25) is 0 Å². The monoisotopic (exact) mass is 426 g/mol. The Morgan fingerprint density at radius 2 is 1.93 bits per heavy atom. The van der Waals surface area contributed by atoms with Gasteiger partial charge in [-0.1, -0.05) is 30.3 Å². The molecule has 0 aliphatic rings. The summed E-state index contributed by atoms with van der Waals surface area (Å²) in [6.45, 7) is 1.44. The van der Waals surface area contributed by atoms with Crippen LogP contribution in [0.25, 0.3) is 21.7 Å². The first-order chi connectivity index (χ1) is 14.3. The number of pyridine rings is 1. The number of rotatable bonds is 3. The third kappa shape index (κ3) is 3.64. The molecule has 0 saturated carbocycles. The molecule has 0 fully saturated rings. The van der Waals surface area contributed by atoms with Crippen molar-refractivity contribution in [3.05, 3.63) is 81.3 Å². The van der Waals surface area contributed by atoms with Gasteiger partial charge in [0.2, 0.25) is 0 Å². The van der Waals surface area contributed by atoms with Crippen LogP contribution >= 0.6 is 11.8 Å². The number of aryl methyl sites for hydroxylation is 1. The third-order valence-corrected chi connectivity index (χ3v) is 5.63. The molecule has 0 bridgehead atoms. The lowest BCUT2D eigenvalue weighted by atomic mass is 10.0. The summed E-state index contributed by atoms with van der Waals surface area (Å²) in [7, 11) is 0. The second-order valence-corrected chi connectivity index (χ2v) is 7.60. The number of nitrogens with zero attached hydrogens (tertiary/aromatic N) is 2. The second kappa shape index (κ2) is 7.50. The fourth-order valence-corrected chi connectivity index (χ4v) is 4.39. The highest BCUT2D eigenvalue weighted by atomic mass is 32.2. The lowest BCUT2D eigenvalue weighted by Gasteiger charge is -2.13. The summed E-state index contributed by atoms with van der Waals surface area (Å²) in [6.07, 6.45) is -4.66. The predicted octanol–water partition coefficient (Wildman–Crippen LogP) is 5.83. The van der Waals surface area contributed by atoms with Crippen molar-refractivity contribution in [2.75, 3.05) is 0 Å². The van der Waals surface area contributed by atoms with Gasteiger partial charge in [0.15, 0.2) is 0 Å². The minimum Gasteiger partial charge on any atom is -0.423 e. The Labute approximate surface area is 173 Å². The summed E-state index contributed by atoms with van der Waals surface area (Å²) in [5.74, 6) is 0.151. The number of aromatic nitrogens is 1. The van der Waals surface area contributed by atoms with E-state index in [1.54, 1.807) is 12.1 Å². The molecule has 0 atom stereocenters. The van der Waals surface area contributed by atoms with Gasteiger partial charge in [-0.05, 0) is 35.4 Å². The summed E-state index contributed by atoms with van der Waals surface area (Å²) in [6, 6.07) is 14.9. The molecule has 4 nitrogen and oxygen atoms in total. The summed E-state index contributed by atoms with van der Waals surface area (Å²) < 4.78 is 45.4. The average Bonchev–Trinajstić information content (AvgIpc) is 2.70. The number of hydrogen-bond acceptors (Lipinski definition) is 5. The van der Waals surface area contributed by atoms with Crippen LogP contribution in [0, 0.1) is 18.3 Å². The van der Waals surface area contributed by atoms with E-state index in [0.29, 0.717) is 16.5 Å². The van der Waals surface area contributed by atoms with Gasteiger partial charge in [-0.25, -0.2) is 9.78 Å². The van der Waals surface area contributed by atoms with Crippen molar-refractivity contribution >= 4 is 33.5 Å². The number of halogens is 3. The number of benzene rings is 2. The maximum Gasteiger partial charge on any atom is 0.417 e. The highest BCUT2D eigenvalue weighted by Crippen LogP contribution is 2.37. The zero-order valence-electron chi connectivity index (χ0n) is 15.6. The van der Waals surface area contributed by atoms with Crippen LogP contribution in [0.2, 0.25) is 0 Å². The van der Waals surface area contributed by atoms with Crippen LogP contribution in [0.15, 0.2) is 62.8 Å². The predicted molar refractivity (Wildman–Crippen MR) is 108 cm³/mol. The summed E-state index contributed by atoms with van der Waals surface area (Å²) in [4.78, 5) is 16.2. The minimum atomic E-state index is -4.66. The quantitative estimate of drug-likeness (QED) is 0.234. The van der Waals surface area contributed by atoms with Gasteiger partial charge < -0.3 is 4.42 Å². The third-order valence-electron chi connectivity index (χ3n) is 4.61. The standard InChI is InChI=1S/C22H13F3N2O2S/c1-12-8-17(22(23,24)25)16(10-26)21(27-12)30-11-14-9-19(28)29-18-7-6-13-4-2-3-5-15(13)20(14)18/h2-9H,11H2,1H3. The van der Waals surface area contributed by atoms with E-state index in [-0.39, 0.29) is 16.5 Å². The summed E-state index contributed by atoms with van der Waals surface area (Å²) in [5.41, 5.74) is -0.929. The Kier molecular flexibility index (Phi) is 5.00. The zero-order chi connectivity index (χ0) is 21.5. The molecule has 2 aromatic heterocycles. The summed E-state index contributed by atoms with van der Waals surface area (Å²) >= 11 is 0.987. The smallest absolute Gasteiger partial charge is 0.417 e. The van der Waals surface area contributed by atoms with Crippen LogP contribution in [0.1, 0.15) is 22.4 Å². The van der Waals surface area contributed by atoms with Crippen molar-refractivity contribution in [3.8, 4) is 6.07 Å². The van der Waals surface area contributed by atoms with Crippen LogP contribution in [-0.4, -0.2) is 4.98 Å². The van der Waals surface area contributed by atoms with E-state index in [9.17, 15) is 23.2 Å². The zero-order valence-corrected chi connectivity index (χ0v) is 16.4. The van der Waals surface area contributed by atoms with Crippen LogP contribution < -0.4 is 5.63 Å². The first-order valence-corrected chi connectivity index (χ1v) is 9.82.